The van der Waals surface area contributed by atoms with E-state index in [0.29, 0.717) is 16.9 Å². The maximum Gasteiger partial charge on any atom is 0.416 e. The summed E-state index contributed by atoms with van der Waals surface area (Å²) in [5, 5.41) is 0. The van der Waals surface area contributed by atoms with Crippen LogP contribution in [0.5, 0.6) is 0 Å². The number of halogens is 24. The third-order valence-corrected chi connectivity index (χ3v) is 11.3. The van der Waals surface area contributed by atoms with E-state index < -0.39 is 195 Å². The molecule has 28 heteroatoms. The molecular weight excluding hydrogens is 1060 g/mol. The van der Waals surface area contributed by atoms with Crippen LogP contribution in [-0.4, -0.2) is 36.0 Å². The Hall–Kier alpha value is -5.83. The molecule has 0 spiro atoms. The predicted molar refractivity (Wildman–Crippen MR) is 215 cm³/mol. The minimum Gasteiger partial charge on any atom is -0.295 e. The average molecular weight is 1090 g/mol. The van der Waals surface area contributed by atoms with Crippen molar-refractivity contribution in [2.24, 2.45) is 0 Å². The first-order chi connectivity index (χ1) is 32.3. The van der Waals surface area contributed by atoms with Crippen LogP contribution < -0.4 is 21.9 Å². The van der Waals surface area contributed by atoms with Gasteiger partial charge in [0.1, 0.15) is 6.15 Å². The molecule has 5 aromatic carbocycles. The number of ketones is 2. The first kappa shape index (κ1) is 58.7. The van der Waals surface area contributed by atoms with E-state index in [-0.39, 0.29) is 22.5 Å². The van der Waals surface area contributed by atoms with Crippen LogP contribution in [0.1, 0.15) is 72.1 Å². The van der Waals surface area contributed by atoms with Crippen LogP contribution in [0.15, 0.2) is 97.1 Å². The summed E-state index contributed by atoms with van der Waals surface area (Å²) in [6, 6.07) is -1.94. The number of Topliss-reactive ketones (excluding diaryl/α,β-unsaturated/α-hetero) is 2. The van der Waals surface area contributed by atoms with Gasteiger partial charge in [0.2, 0.25) is 5.78 Å². The van der Waals surface area contributed by atoms with Crippen LogP contribution in [0.2, 0.25) is 0 Å². The second kappa shape index (κ2) is 19.9. The van der Waals surface area contributed by atoms with Crippen LogP contribution in [-0.2, 0) is 60.3 Å². The van der Waals surface area contributed by atoms with Crippen LogP contribution in [0.25, 0.3) is 0 Å². The fraction of sp³-hybridized carbons (Fsp3) is 0.273. The monoisotopic (exact) mass is 1090 g/mol. The molecule has 0 fully saturated rings. The highest BCUT2D eigenvalue weighted by Gasteiger charge is 2.47. The van der Waals surface area contributed by atoms with E-state index >= 15 is 0 Å². The molecule has 0 atom stereocenters. The summed E-state index contributed by atoms with van der Waals surface area (Å²) < 4.78 is 341. The molecule has 0 aliphatic rings. The van der Waals surface area contributed by atoms with Gasteiger partial charge in [0.05, 0.1) is 57.0 Å². The van der Waals surface area contributed by atoms with Crippen LogP contribution in [0, 0.1) is 0 Å². The van der Waals surface area contributed by atoms with Crippen molar-refractivity contribution in [3.63, 3.8) is 0 Å². The van der Waals surface area contributed by atoms with Gasteiger partial charge in [0, 0.05) is 11.1 Å². The Kier molecular flexibility index (Phi) is 16.2. The number of benzene rings is 5. The van der Waals surface area contributed by atoms with E-state index in [0.717, 1.165) is 0 Å². The van der Waals surface area contributed by atoms with Gasteiger partial charge in [-0.2, -0.15) is 127 Å². The Morgan fingerprint density at radius 3 is 0.681 bits per heavy atom. The topological polar surface area (TPSA) is 34.1 Å². The van der Waals surface area contributed by atoms with Crippen LogP contribution in [0.4, 0.5) is 105 Å². The maximum atomic E-state index is 14.2. The molecule has 0 aliphatic heterocycles. The van der Waals surface area contributed by atoms with E-state index in [1.165, 1.54) is 6.92 Å². The molecule has 392 valence electrons. The lowest BCUT2D eigenvalue weighted by Crippen LogP contribution is -2.75. The van der Waals surface area contributed by atoms with Gasteiger partial charge in [0.15, 0.2) is 11.5 Å². The van der Waals surface area contributed by atoms with Crippen LogP contribution in [0.3, 0.4) is 0 Å². The van der Waals surface area contributed by atoms with Crippen LogP contribution >= 0.6 is 0 Å². The van der Waals surface area contributed by atoms with Crippen molar-refractivity contribution >= 4 is 50.5 Å². The Morgan fingerprint density at radius 1 is 0.347 bits per heavy atom. The third kappa shape index (κ3) is 13.8. The highest BCUT2D eigenvalue weighted by atomic mass is 32.2. The standard InChI is InChI=1S/C32H12BF24.C12H15O2S/c34-25(35,36)13-1-14(26(37,38)39)6-21(5-13)33(22-7-15(27(40,41)42)2-16(8-22)28(43,44)45,23-9-17(29(46,47)48)3-18(10-23)30(49,50)51)24-11-19(31(52,53)54)4-20(12-24)32(55,56)57;1-9(13)10-4-6-11(7-5-10)12(14)8-15(2)3/h1-12H;4-7H,8H2,1-3H3/q-1;+1. The predicted octanol–water partition coefficient (Wildman–Crippen LogP) is 13.2. The number of alkyl halides is 24. The van der Waals surface area contributed by atoms with Crippen molar-refractivity contribution in [3.05, 3.63) is 153 Å². The Bertz CT molecular complexity index is 2350. The minimum absolute atomic E-state index is 0.0275. The van der Waals surface area contributed by atoms with E-state index in [4.69, 9.17) is 0 Å². The molecule has 72 heavy (non-hydrogen) atoms. The molecule has 0 aliphatic carbocycles. The minimum atomic E-state index is -6.13. The van der Waals surface area contributed by atoms with Crippen molar-refractivity contribution < 1.29 is 115 Å². The highest BCUT2D eigenvalue weighted by molar-refractivity contribution is 7.96. The lowest BCUT2D eigenvalue weighted by molar-refractivity contribution is -0.144. The molecule has 0 radical (unpaired) electrons. The molecule has 0 aromatic heterocycles. The summed E-state index contributed by atoms with van der Waals surface area (Å²) in [7, 11) is 0.123. The summed E-state index contributed by atoms with van der Waals surface area (Å²) in [6.07, 6.45) is -50.7. The number of hydrogen-bond donors (Lipinski definition) is 0. The zero-order valence-electron chi connectivity index (χ0n) is 35.8. The Labute approximate surface area is 392 Å². The fourth-order valence-electron chi connectivity index (χ4n) is 7.31. The number of hydrogen-bond acceptors (Lipinski definition) is 2. The number of carbonyl (C=O) groups excluding carboxylic acids is 2. The molecule has 0 saturated heterocycles. The molecule has 0 amide bonds. The van der Waals surface area contributed by atoms with Gasteiger partial charge in [-0.25, -0.2) is 0 Å². The summed E-state index contributed by atoms with van der Waals surface area (Å²) in [5.41, 5.74) is -28.9. The van der Waals surface area contributed by atoms with Crippen molar-refractivity contribution in [1.82, 2.24) is 0 Å². The smallest absolute Gasteiger partial charge is 0.295 e. The molecule has 5 aromatic rings. The van der Waals surface area contributed by atoms with Gasteiger partial charge >= 0.3 is 49.4 Å². The molecule has 0 N–H and O–H groups in total. The normalized spacial score (nSPS) is 13.5. The molecule has 2 nitrogen and oxygen atoms in total. The quantitative estimate of drug-likeness (QED) is 0.0672. The van der Waals surface area contributed by atoms with E-state index in [1.54, 1.807) is 24.3 Å². The third-order valence-electron chi connectivity index (χ3n) is 10.5. The van der Waals surface area contributed by atoms with Crippen molar-refractivity contribution in [2.75, 3.05) is 18.3 Å². The maximum absolute atomic E-state index is 14.2. The van der Waals surface area contributed by atoms with E-state index in [9.17, 15) is 115 Å². The summed E-state index contributed by atoms with van der Waals surface area (Å²) in [6.45, 7) is 1.52. The fourth-order valence-corrected chi connectivity index (χ4v) is 8.00. The van der Waals surface area contributed by atoms with Crippen molar-refractivity contribution in [2.45, 2.75) is 56.3 Å². The Balaban J connectivity index is 0.000000639. The number of carbonyl (C=O) groups is 2. The highest BCUT2D eigenvalue weighted by Crippen LogP contribution is 2.41. The van der Waals surface area contributed by atoms with E-state index in [1.807, 2.05) is 12.5 Å². The first-order valence-electron chi connectivity index (χ1n) is 19.3. The zero-order chi connectivity index (χ0) is 55.3. The molecular formula is C44H27BF24O2S. The molecule has 0 heterocycles. The molecule has 5 rings (SSSR count). The lowest BCUT2D eigenvalue weighted by Gasteiger charge is -2.46. The zero-order valence-corrected chi connectivity index (χ0v) is 36.6. The average Bonchev–Trinajstić information content (AvgIpc) is 3.21. The molecule has 0 bridgehead atoms. The summed E-state index contributed by atoms with van der Waals surface area (Å²) in [4.78, 5) is 22.7. The van der Waals surface area contributed by atoms with Crippen molar-refractivity contribution in [3.8, 4) is 0 Å². The van der Waals surface area contributed by atoms with Gasteiger partial charge in [-0.05, 0) is 42.1 Å². The summed E-state index contributed by atoms with van der Waals surface area (Å²) >= 11 is 0. The van der Waals surface area contributed by atoms with Gasteiger partial charge in [0.25, 0.3) is 0 Å². The van der Waals surface area contributed by atoms with Gasteiger partial charge in [-0.15, -0.1) is 0 Å². The van der Waals surface area contributed by atoms with E-state index in [2.05, 4.69) is 0 Å². The lowest BCUT2D eigenvalue weighted by atomic mass is 9.12. The van der Waals surface area contributed by atoms with Gasteiger partial charge < -0.3 is 0 Å². The SMILES string of the molecule is CC(=O)c1ccc(C(=O)C[S+](C)C)cc1.FC(F)(F)c1cc([B-](c2cc(C(F)(F)F)cc(C(F)(F)F)c2)(c2cc(C(F)(F)F)cc(C(F)(F)F)c2)c2cc(C(F)(F)F)cc(C(F)(F)F)c2)cc(C(F)(F)F)c1. The van der Waals surface area contributed by atoms with Gasteiger partial charge in [-0.3, -0.25) is 9.59 Å². The molecule has 0 saturated carbocycles. The second-order valence-corrected chi connectivity index (χ2v) is 18.2. The number of rotatable bonds is 8. The first-order valence-corrected chi connectivity index (χ1v) is 21.5. The van der Waals surface area contributed by atoms with Crippen molar-refractivity contribution in [1.29, 1.82) is 0 Å². The second-order valence-electron chi connectivity index (χ2n) is 15.9. The van der Waals surface area contributed by atoms with Gasteiger partial charge in [-0.1, -0.05) is 72.8 Å². The largest absolute Gasteiger partial charge is 0.416 e. The Morgan fingerprint density at radius 2 is 0.528 bits per heavy atom. The molecule has 0 unspecified atom stereocenters. The summed E-state index contributed by atoms with van der Waals surface area (Å²) in [5.74, 6) is 0.762.